The summed E-state index contributed by atoms with van der Waals surface area (Å²) >= 11 is 0. The summed E-state index contributed by atoms with van der Waals surface area (Å²) < 4.78 is 0. The van der Waals surface area contributed by atoms with Crippen LogP contribution in [0.5, 0.6) is 0 Å². The molecule has 0 N–H and O–H groups in total. The van der Waals surface area contributed by atoms with Gasteiger partial charge in [-0.3, -0.25) is 0 Å². The molecule has 0 bridgehead atoms. The summed E-state index contributed by atoms with van der Waals surface area (Å²) in [5, 5.41) is 0. The predicted molar refractivity (Wildman–Crippen MR) is 9.94 cm³/mol. The van der Waals surface area contributed by atoms with E-state index in [2.05, 4.69) is 0 Å². The fourth-order valence-corrected chi connectivity index (χ4v) is 0. The van der Waals surface area contributed by atoms with Gasteiger partial charge >= 0.3 is 0 Å². The minimum Gasteiger partial charge on any atom is 0 e. The summed E-state index contributed by atoms with van der Waals surface area (Å²) in [7, 11) is 0. The smallest absolute Gasteiger partial charge is 0 e. The normalized spacial score (nSPS) is 0. The Labute approximate surface area is 72.4 Å². The van der Waals surface area contributed by atoms with Crippen LogP contribution >= 0.6 is 0 Å². The number of hydrogen-bond donors (Lipinski definition) is 0. The van der Waals surface area contributed by atoms with Crippen LogP contribution in [0.3, 0.4) is 0 Å². The molecule has 0 aromatic carbocycles. The van der Waals surface area contributed by atoms with E-state index in [9.17, 15) is 0 Å². The average Bonchev–Trinajstić information content (AvgIpc) is 0. The van der Waals surface area contributed by atoms with Crippen molar-refractivity contribution in [2.45, 2.75) is 0 Å². The molecule has 0 aromatic rings. The molecule has 0 unspecified atom stereocenters. The van der Waals surface area contributed by atoms with Gasteiger partial charge in [-0.25, -0.2) is 0 Å². The summed E-state index contributed by atoms with van der Waals surface area (Å²) in [6, 6.07) is 0. The summed E-state index contributed by atoms with van der Waals surface area (Å²) in [4.78, 5) is 0. The third kappa shape index (κ3) is 8.86. The van der Waals surface area contributed by atoms with Crippen molar-refractivity contribution in [1.82, 2.24) is 0 Å². The van der Waals surface area contributed by atoms with E-state index < -0.39 is 0 Å². The molecule has 0 heterocycles. The van der Waals surface area contributed by atoms with Crippen LogP contribution in [0.25, 0.3) is 0 Å². The van der Waals surface area contributed by atoms with Crippen LogP contribution < -0.4 is 0 Å². The zero-order chi connectivity index (χ0) is 0. The molecule has 0 fully saturated rings. The first kappa shape index (κ1) is 33.6. The molecule has 0 aromatic heterocycles. The van der Waals surface area contributed by atoms with Gasteiger partial charge in [0.25, 0.3) is 0 Å². The molecule has 0 saturated carbocycles. The SMILES string of the molecule is [AlH3].[Cu].[Fe].[Ti]. The number of hydrogen-bond acceptors (Lipinski definition) is 0. The Balaban J connectivity index is 0. The standard InChI is InChI=1S/Al.Cu.Fe.Ti.3H. The molecule has 0 rings (SSSR count). The Kier molecular flexibility index (Phi) is 156. The molecule has 29 valence electrons. The minimum atomic E-state index is 0. The van der Waals surface area contributed by atoms with E-state index in [1.54, 1.807) is 0 Å². The molecule has 0 saturated heterocycles. The largest absolute Gasteiger partial charge is 0.187 e. The first-order valence-corrected chi connectivity index (χ1v) is 0. The summed E-state index contributed by atoms with van der Waals surface area (Å²) in [6.07, 6.45) is 0. The van der Waals surface area contributed by atoms with Crippen molar-refractivity contribution in [1.29, 1.82) is 0 Å². The first-order valence-electron chi connectivity index (χ1n) is 0. The monoisotopic (exact) mass is 197 g/mol. The maximum Gasteiger partial charge on any atom is 0.187 e. The van der Waals surface area contributed by atoms with Crippen LogP contribution in [0.4, 0.5) is 0 Å². The van der Waals surface area contributed by atoms with Gasteiger partial charge in [-0.1, -0.05) is 0 Å². The van der Waals surface area contributed by atoms with E-state index >= 15 is 0 Å². The molecular formula is H3AlCuFeTi. The Hall–Kier alpha value is 2.29. The van der Waals surface area contributed by atoms with Gasteiger partial charge in [-0.15, -0.1) is 0 Å². The van der Waals surface area contributed by atoms with Crippen molar-refractivity contribution in [2.24, 2.45) is 0 Å². The van der Waals surface area contributed by atoms with Crippen molar-refractivity contribution in [2.75, 3.05) is 0 Å². The zero-order valence-electron chi connectivity index (χ0n) is 1.16. The second kappa shape index (κ2) is 18.6. The molecule has 4 heteroatoms. The summed E-state index contributed by atoms with van der Waals surface area (Å²) in [6.45, 7) is 0. The van der Waals surface area contributed by atoms with Crippen LogP contribution in [-0.2, 0) is 55.9 Å². The summed E-state index contributed by atoms with van der Waals surface area (Å²) in [5.74, 6) is 0. The molecule has 0 aliphatic rings. The van der Waals surface area contributed by atoms with E-state index in [1.807, 2.05) is 0 Å². The van der Waals surface area contributed by atoms with Gasteiger partial charge in [0.2, 0.25) is 0 Å². The van der Waals surface area contributed by atoms with Crippen LogP contribution in [0.1, 0.15) is 0 Å². The maximum absolute atomic E-state index is 0. The van der Waals surface area contributed by atoms with E-state index in [-0.39, 0.29) is 73.2 Å². The van der Waals surface area contributed by atoms with Gasteiger partial charge in [0.05, 0.1) is 0 Å². The molecule has 4 heavy (non-hydrogen) atoms. The van der Waals surface area contributed by atoms with Gasteiger partial charge in [-0.2, -0.15) is 0 Å². The van der Waals surface area contributed by atoms with E-state index in [1.165, 1.54) is 0 Å². The van der Waals surface area contributed by atoms with Gasteiger partial charge in [-0.05, 0) is 0 Å². The maximum atomic E-state index is 0. The Morgan fingerprint density at radius 2 is 1.00 bits per heavy atom. The van der Waals surface area contributed by atoms with Gasteiger partial charge in [0.1, 0.15) is 0 Å². The third-order valence-corrected chi connectivity index (χ3v) is 0. The van der Waals surface area contributed by atoms with Crippen molar-refractivity contribution in [3.63, 3.8) is 0 Å². The van der Waals surface area contributed by atoms with Crippen LogP contribution in [0, 0.1) is 0 Å². The average molecular weight is 197 g/mol. The topological polar surface area (TPSA) is 0 Å². The number of rotatable bonds is 0. The van der Waals surface area contributed by atoms with Gasteiger partial charge < -0.3 is 0 Å². The molecule has 0 amide bonds. The van der Waals surface area contributed by atoms with Crippen molar-refractivity contribution in [3.05, 3.63) is 0 Å². The van der Waals surface area contributed by atoms with Crippen molar-refractivity contribution >= 4 is 17.4 Å². The molecule has 0 spiro atoms. The summed E-state index contributed by atoms with van der Waals surface area (Å²) in [5.41, 5.74) is 0. The van der Waals surface area contributed by atoms with Crippen LogP contribution in [0.15, 0.2) is 0 Å². The van der Waals surface area contributed by atoms with Crippen molar-refractivity contribution < 1.29 is 55.9 Å². The minimum absolute atomic E-state index is 0. The van der Waals surface area contributed by atoms with Gasteiger partial charge in [0, 0.05) is 55.9 Å². The molecule has 0 atom stereocenters. The van der Waals surface area contributed by atoms with E-state index in [4.69, 9.17) is 0 Å². The molecular weight excluding hydrogens is 194 g/mol. The van der Waals surface area contributed by atoms with Gasteiger partial charge in [0.15, 0.2) is 17.4 Å². The predicted octanol–water partition coefficient (Wildman–Crippen LogP) is -1.19. The van der Waals surface area contributed by atoms with E-state index in [0.29, 0.717) is 0 Å². The molecule has 1 radical (unpaired) electrons. The fourth-order valence-electron chi connectivity index (χ4n) is 0. The zero-order valence-corrected chi connectivity index (χ0v) is 4.76. The second-order valence-corrected chi connectivity index (χ2v) is 0. The molecule has 0 aliphatic carbocycles. The van der Waals surface area contributed by atoms with Crippen LogP contribution in [-0.4, -0.2) is 17.4 Å². The molecule has 0 aliphatic heterocycles. The van der Waals surface area contributed by atoms with Crippen molar-refractivity contribution in [3.8, 4) is 0 Å². The second-order valence-electron chi connectivity index (χ2n) is 0. The fraction of sp³-hybridized carbons (Fsp3) is 0. The Morgan fingerprint density at radius 1 is 1.00 bits per heavy atom. The third-order valence-electron chi connectivity index (χ3n) is 0. The van der Waals surface area contributed by atoms with E-state index in [0.717, 1.165) is 0 Å². The van der Waals surface area contributed by atoms with Crippen LogP contribution in [0.2, 0.25) is 0 Å². The molecule has 0 nitrogen and oxygen atoms in total. The Morgan fingerprint density at radius 3 is 1.00 bits per heavy atom. The first-order chi connectivity index (χ1) is 0. The quantitative estimate of drug-likeness (QED) is 0.428. The Bertz CT molecular complexity index is 8.00.